The quantitative estimate of drug-likeness (QED) is 0.878. The fraction of sp³-hybridized carbons (Fsp3) is 0.438. The van der Waals surface area contributed by atoms with Crippen molar-refractivity contribution in [1.29, 1.82) is 0 Å². The molecule has 0 saturated carbocycles. The van der Waals surface area contributed by atoms with Crippen molar-refractivity contribution in [3.8, 4) is 5.69 Å². The van der Waals surface area contributed by atoms with Gasteiger partial charge >= 0.3 is 0 Å². The average molecular weight is 292 g/mol. The van der Waals surface area contributed by atoms with Gasteiger partial charge in [0.15, 0.2) is 0 Å². The van der Waals surface area contributed by atoms with Gasteiger partial charge in [-0.15, -0.1) is 0 Å². The molecule has 2 aromatic rings. The summed E-state index contributed by atoms with van der Waals surface area (Å²) in [6, 6.07) is 7.87. The largest absolute Gasteiger partial charge is 0.313 e. The van der Waals surface area contributed by atoms with Gasteiger partial charge in [0.25, 0.3) is 0 Å². The summed E-state index contributed by atoms with van der Waals surface area (Å²) in [5.74, 6) is 0. The first kappa shape index (κ1) is 15.1. The third kappa shape index (κ3) is 2.89. The van der Waals surface area contributed by atoms with E-state index in [4.69, 9.17) is 16.7 Å². The molecule has 0 saturated heterocycles. The van der Waals surface area contributed by atoms with Crippen LogP contribution >= 0.6 is 11.6 Å². The van der Waals surface area contributed by atoms with E-state index in [2.05, 4.69) is 26.1 Å². The third-order valence-electron chi connectivity index (χ3n) is 3.48. The fourth-order valence-corrected chi connectivity index (χ4v) is 2.68. The van der Waals surface area contributed by atoms with E-state index in [1.807, 2.05) is 28.9 Å². The topological polar surface area (TPSA) is 29.9 Å². The molecule has 20 heavy (non-hydrogen) atoms. The van der Waals surface area contributed by atoms with Crippen molar-refractivity contribution in [3.05, 3.63) is 46.2 Å². The van der Waals surface area contributed by atoms with Gasteiger partial charge in [-0.2, -0.15) is 5.10 Å². The van der Waals surface area contributed by atoms with Crippen LogP contribution in [0.15, 0.2) is 24.3 Å². The summed E-state index contributed by atoms with van der Waals surface area (Å²) in [6.07, 6.45) is 1.88. The highest BCUT2D eigenvalue weighted by atomic mass is 35.5. The molecule has 2 rings (SSSR count). The number of halogens is 1. The highest BCUT2D eigenvalue weighted by Gasteiger charge is 2.17. The number of para-hydroxylation sites is 1. The van der Waals surface area contributed by atoms with Crippen LogP contribution in [-0.2, 0) is 19.4 Å². The monoisotopic (exact) mass is 291 g/mol. The number of aromatic nitrogens is 2. The summed E-state index contributed by atoms with van der Waals surface area (Å²) < 4.78 is 2.01. The summed E-state index contributed by atoms with van der Waals surface area (Å²) in [5, 5.41) is 8.92. The van der Waals surface area contributed by atoms with E-state index in [1.54, 1.807) is 0 Å². The molecule has 1 aromatic carbocycles. The van der Waals surface area contributed by atoms with Crippen molar-refractivity contribution in [2.45, 2.75) is 40.2 Å². The molecule has 0 bridgehead atoms. The lowest BCUT2D eigenvalue weighted by Gasteiger charge is -2.09. The molecule has 4 heteroatoms. The molecule has 0 amide bonds. The normalized spacial score (nSPS) is 11.0. The Labute approximate surface area is 126 Å². The highest BCUT2D eigenvalue weighted by molar-refractivity contribution is 6.32. The van der Waals surface area contributed by atoms with Gasteiger partial charge in [0.05, 0.1) is 16.4 Å². The Balaban J connectivity index is 2.53. The Morgan fingerprint density at radius 2 is 1.90 bits per heavy atom. The minimum atomic E-state index is 0.738. The van der Waals surface area contributed by atoms with E-state index in [-0.39, 0.29) is 0 Å². The van der Waals surface area contributed by atoms with Gasteiger partial charge in [0, 0.05) is 17.8 Å². The van der Waals surface area contributed by atoms with Crippen LogP contribution in [-0.4, -0.2) is 16.3 Å². The smallest absolute Gasteiger partial charge is 0.0835 e. The Morgan fingerprint density at radius 3 is 2.50 bits per heavy atom. The molecule has 0 fully saturated rings. The summed E-state index contributed by atoms with van der Waals surface area (Å²) >= 11 is 6.32. The first-order chi connectivity index (χ1) is 9.72. The first-order valence-corrected chi connectivity index (χ1v) is 7.65. The van der Waals surface area contributed by atoms with Crippen molar-refractivity contribution in [2.24, 2.45) is 0 Å². The summed E-state index contributed by atoms with van der Waals surface area (Å²) in [5.41, 5.74) is 4.68. The molecule has 0 spiro atoms. The summed E-state index contributed by atoms with van der Waals surface area (Å²) in [4.78, 5) is 0. The predicted molar refractivity (Wildman–Crippen MR) is 84.7 cm³/mol. The predicted octanol–water partition coefficient (Wildman–Crippen LogP) is 3.76. The van der Waals surface area contributed by atoms with E-state index in [1.165, 1.54) is 11.3 Å². The zero-order valence-electron chi connectivity index (χ0n) is 12.4. The molecule has 0 unspecified atom stereocenters. The number of rotatable bonds is 6. The second kappa shape index (κ2) is 6.91. The van der Waals surface area contributed by atoms with Gasteiger partial charge in [0.1, 0.15) is 0 Å². The molecular weight excluding hydrogens is 270 g/mol. The van der Waals surface area contributed by atoms with Gasteiger partial charge in [-0.05, 0) is 31.5 Å². The van der Waals surface area contributed by atoms with Crippen molar-refractivity contribution in [1.82, 2.24) is 15.1 Å². The molecule has 0 aliphatic rings. The molecule has 108 valence electrons. The van der Waals surface area contributed by atoms with Crippen LogP contribution in [0, 0.1) is 0 Å². The summed E-state index contributed by atoms with van der Waals surface area (Å²) in [7, 11) is 0. The molecule has 0 aliphatic heterocycles. The lowest BCUT2D eigenvalue weighted by molar-refractivity contribution is 0.712. The van der Waals surface area contributed by atoms with Crippen LogP contribution in [0.1, 0.15) is 37.7 Å². The van der Waals surface area contributed by atoms with E-state index in [0.717, 1.165) is 42.3 Å². The Hall–Kier alpha value is -1.32. The minimum Gasteiger partial charge on any atom is -0.313 e. The second-order valence-corrected chi connectivity index (χ2v) is 5.13. The van der Waals surface area contributed by atoms with Gasteiger partial charge in [0.2, 0.25) is 0 Å². The number of aryl methyl sites for hydroxylation is 1. The number of hydrogen-bond acceptors (Lipinski definition) is 2. The average Bonchev–Trinajstić information content (AvgIpc) is 2.83. The van der Waals surface area contributed by atoms with Gasteiger partial charge in [-0.3, -0.25) is 0 Å². The number of benzene rings is 1. The van der Waals surface area contributed by atoms with Crippen molar-refractivity contribution in [2.75, 3.05) is 6.54 Å². The Morgan fingerprint density at radius 1 is 1.15 bits per heavy atom. The van der Waals surface area contributed by atoms with Crippen molar-refractivity contribution in [3.63, 3.8) is 0 Å². The zero-order chi connectivity index (χ0) is 14.5. The molecule has 1 heterocycles. The Kier molecular flexibility index (Phi) is 5.21. The fourth-order valence-electron chi connectivity index (χ4n) is 2.46. The maximum Gasteiger partial charge on any atom is 0.0835 e. The highest BCUT2D eigenvalue weighted by Crippen LogP contribution is 2.25. The molecule has 1 aromatic heterocycles. The van der Waals surface area contributed by atoms with Crippen molar-refractivity contribution < 1.29 is 0 Å². The molecule has 3 nitrogen and oxygen atoms in total. The van der Waals surface area contributed by atoms with Gasteiger partial charge in [-0.25, -0.2) is 4.68 Å². The van der Waals surface area contributed by atoms with Crippen LogP contribution < -0.4 is 5.32 Å². The third-order valence-corrected chi connectivity index (χ3v) is 3.79. The molecule has 0 aliphatic carbocycles. The number of nitrogens with zero attached hydrogens (tertiary/aromatic N) is 2. The molecule has 0 atom stereocenters. The van der Waals surface area contributed by atoms with Crippen LogP contribution in [0.25, 0.3) is 5.69 Å². The lowest BCUT2D eigenvalue weighted by Crippen LogP contribution is -2.14. The zero-order valence-corrected chi connectivity index (χ0v) is 13.2. The standard InChI is InChI=1S/C16H22ClN3/c1-4-14-12(11-18-6-3)15(5-2)20(19-14)16-10-8-7-9-13(16)17/h7-10,18H,4-6,11H2,1-3H3. The minimum absolute atomic E-state index is 0.738. The Bertz CT molecular complexity index is 575. The summed E-state index contributed by atoms with van der Waals surface area (Å²) in [6.45, 7) is 8.26. The van der Waals surface area contributed by atoms with Crippen LogP contribution in [0.3, 0.4) is 0 Å². The second-order valence-electron chi connectivity index (χ2n) is 4.72. The number of nitrogens with one attached hydrogen (secondary N) is 1. The molecular formula is C16H22ClN3. The van der Waals surface area contributed by atoms with Crippen LogP contribution in [0.5, 0.6) is 0 Å². The van der Waals surface area contributed by atoms with E-state index in [9.17, 15) is 0 Å². The lowest BCUT2D eigenvalue weighted by atomic mass is 10.1. The van der Waals surface area contributed by atoms with Crippen molar-refractivity contribution >= 4 is 11.6 Å². The number of hydrogen-bond donors (Lipinski definition) is 1. The maximum atomic E-state index is 6.32. The van der Waals surface area contributed by atoms with Gasteiger partial charge in [-0.1, -0.05) is 44.5 Å². The van der Waals surface area contributed by atoms with E-state index < -0.39 is 0 Å². The van der Waals surface area contributed by atoms with Crippen LogP contribution in [0.2, 0.25) is 5.02 Å². The van der Waals surface area contributed by atoms with Gasteiger partial charge < -0.3 is 5.32 Å². The maximum absolute atomic E-state index is 6.32. The molecule has 1 N–H and O–H groups in total. The van der Waals surface area contributed by atoms with E-state index >= 15 is 0 Å². The molecule has 0 radical (unpaired) electrons. The first-order valence-electron chi connectivity index (χ1n) is 7.28. The SMILES string of the molecule is CCNCc1c(CC)nn(-c2ccccc2Cl)c1CC. The van der Waals surface area contributed by atoms with Crippen LogP contribution in [0.4, 0.5) is 0 Å². The van der Waals surface area contributed by atoms with E-state index in [0.29, 0.717) is 0 Å².